The maximum absolute atomic E-state index is 10.3. The Bertz CT molecular complexity index is 313. The first kappa shape index (κ1) is 10.5. The van der Waals surface area contributed by atoms with E-state index >= 15 is 0 Å². The summed E-state index contributed by atoms with van der Waals surface area (Å²) in [4.78, 5) is 14.5. The summed E-state index contributed by atoms with van der Waals surface area (Å²) in [5, 5.41) is 2.54. The average molecular weight is 194 g/mol. The third-order valence-electron chi connectivity index (χ3n) is 1.66. The normalized spacial score (nSPS) is 9.57. The number of pyridine rings is 1. The number of carbonyl (C=O) groups excluding carboxylic acids is 1. The van der Waals surface area contributed by atoms with E-state index in [0.29, 0.717) is 24.6 Å². The molecule has 76 valence electrons. The van der Waals surface area contributed by atoms with Crippen molar-refractivity contribution in [2.24, 2.45) is 0 Å². The maximum Gasteiger partial charge on any atom is 0.238 e. The van der Waals surface area contributed by atoms with Gasteiger partial charge in [-0.15, -0.1) is 0 Å². The van der Waals surface area contributed by atoms with E-state index in [1.165, 1.54) is 0 Å². The minimum Gasteiger partial charge on any atom is -0.476 e. The lowest BCUT2D eigenvalue weighted by molar-refractivity contribution is -0.105. The van der Waals surface area contributed by atoms with Crippen molar-refractivity contribution in [2.75, 3.05) is 11.9 Å². The molecule has 1 rings (SSSR count). The summed E-state index contributed by atoms with van der Waals surface area (Å²) in [7, 11) is 0. The van der Waals surface area contributed by atoms with E-state index in [-0.39, 0.29) is 0 Å². The van der Waals surface area contributed by atoms with Crippen LogP contribution in [0.3, 0.4) is 0 Å². The largest absolute Gasteiger partial charge is 0.476 e. The lowest BCUT2D eigenvalue weighted by Crippen LogP contribution is -2.03. The second kappa shape index (κ2) is 5.21. The van der Waals surface area contributed by atoms with Crippen molar-refractivity contribution in [1.82, 2.24) is 4.98 Å². The minimum atomic E-state index is 0.485. The molecule has 4 nitrogen and oxygen atoms in total. The van der Waals surface area contributed by atoms with Crippen LogP contribution in [0.4, 0.5) is 5.69 Å². The third-order valence-corrected chi connectivity index (χ3v) is 1.66. The average Bonchev–Trinajstić information content (AvgIpc) is 2.18. The molecule has 0 aliphatic heterocycles. The Labute approximate surface area is 83.3 Å². The SMILES string of the molecule is CCCOc1nc(C)ccc1NC=O. The van der Waals surface area contributed by atoms with E-state index in [1.54, 1.807) is 6.07 Å². The van der Waals surface area contributed by atoms with Gasteiger partial charge >= 0.3 is 0 Å². The molecule has 0 spiro atoms. The molecule has 0 aliphatic carbocycles. The second-order valence-electron chi connectivity index (χ2n) is 2.92. The van der Waals surface area contributed by atoms with Crippen molar-refractivity contribution in [3.8, 4) is 5.88 Å². The summed E-state index contributed by atoms with van der Waals surface area (Å²) in [6.45, 7) is 4.50. The number of hydrogen-bond acceptors (Lipinski definition) is 3. The Morgan fingerprint density at radius 2 is 2.36 bits per heavy atom. The number of aryl methyl sites for hydroxylation is 1. The van der Waals surface area contributed by atoms with Crippen LogP contribution in [-0.2, 0) is 4.79 Å². The number of aromatic nitrogens is 1. The van der Waals surface area contributed by atoms with Crippen molar-refractivity contribution in [1.29, 1.82) is 0 Å². The van der Waals surface area contributed by atoms with Crippen molar-refractivity contribution < 1.29 is 9.53 Å². The molecule has 1 amide bonds. The van der Waals surface area contributed by atoms with Gasteiger partial charge in [-0.25, -0.2) is 4.98 Å². The number of nitrogens with zero attached hydrogens (tertiary/aromatic N) is 1. The van der Waals surface area contributed by atoms with Gasteiger partial charge in [0.25, 0.3) is 0 Å². The molecule has 0 radical (unpaired) electrons. The molecule has 0 aromatic carbocycles. The number of hydrogen-bond donors (Lipinski definition) is 1. The standard InChI is InChI=1S/C10H14N2O2/c1-3-6-14-10-9(11-7-13)5-4-8(2)12-10/h4-5,7H,3,6H2,1-2H3,(H,11,13). The molecular weight excluding hydrogens is 180 g/mol. The van der Waals surface area contributed by atoms with Crippen LogP contribution in [0, 0.1) is 6.92 Å². The molecule has 4 heteroatoms. The summed E-state index contributed by atoms with van der Waals surface area (Å²) in [5.41, 5.74) is 1.48. The molecule has 0 aliphatic rings. The molecule has 0 saturated carbocycles. The highest BCUT2D eigenvalue weighted by atomic mass is 16.5. The summed E-state index contributed by atoms with van der Waals surface area (Å²) in [6.07, 6.45) is 1.53. The van der Waals surface area contributed by atoms with Crippen LogP contribution in [-0.4, -0.2) is 18.0 Å². The van der Waals surface area contributed by atoms with Gasteiger partial charge in [0.1, 0.15) is 5.69 Å². The van der Waals surface area contributed by atoms with Crippen LogP contribution >= 0.6 is 0 Å². The number of ether oxygens (including phenoxy) is 1. The molecule has 0 unspecified atom stereocenters. The molecule has 1 N–H and O–H groups in total. The Balaban J connectivity index is 2.84. The van der Waals surface area contributed by atoms with Gasteiger partial charge in [0.05, 0.1) is 6.61 Å². The van der Waals surface area contributed by atoms with E-state index in [4.69, 9.17) is 4.74 Å². The van der Waals surface area contributed by atoms with Gasteiger partial charge in [0.15, 0.2) is 0 Å². The van der Waals surface area contributed by atoms with Gasteiger partial charge < -0.3 is 10.1 Å². The molecule has 0 fully saturated rings. The van der Waals surface area contributed by atoms with Gasteiger partial charge in [0, 0.05) is 5.69 Å². The van der Waals surface area contributed by atoms with Crippen molar-refractivity contribution in [3.05, 3.63) is 17.8 Å². The van der Waals surface area contributed by atoms with Gasteiger partial charge in [-0.05, 0) is 25.5 Å². The van der Waals surface area contributed by atoms with E-state index in [2.05, 4.69) is 10.3 Å². The lowest BCUT2D eigenvalue weighted by atomic mass is 10.3. The number of carbonyl (C=O) groups is 1. The highest BCUT2D eigenvalue weighted by Gasteiger charge is 2.04. The molecule has 0 atom stereocenters. The maximum atomic E-state index is 10.3. The number of anilines is 1. The molecule has 1 heterocycles. The predicted octanol–water partition coefficient (Wildman–Crippen LogP) is 1.75. The minimum absolute atomic E-state index is 0.485. The Morgan fingerprint density at radius 3 is 3.00 bits per heavy atom. The molecule has 1 aromatic heterocycles. The van der Waals surface area contributed by atoms with Gasteiger partial charge in [-0.3, -0.25) is 4.79 Å². The fourth-order valence-corrected chi connectivity index (χ4v) is 1.01. The summed E-state index contributed by atoms with van der Waals surface area (Å²) in [6, 6.07) is 3.60. The summed E-state index contributed by atoms with van der Waals surface area (Å²) in [5.74, 6) is 0.485. The molecule has 0 bridgehead atoms. The highest BCUT2D eigenvalue weighted by molar-refractivity contribution is 5.74. The monoisotopic (exact) mass is 194 g/mol. The molecular formula is C10H14N2O2. The second-order valence-corrected chi connectivity index (χ2v) is 2.92. The third kappa shape index (κ3) is 2.73. The quantitative estimate of drug-likeness (QED) is 0.726. The van der Waals surface area contributed by atoms with E-state index in [1.807, 2.05) is 19.9 Å². The zero-order chi connectivity index (χ0) is 10.4. The molecule has 1 aromatic rings. The lowest BCUT2D eigenvalue weighted by Gasteiger charge is -2.08. The van der Waals surface area contributed by atoms with Crippen molar-refractivity contribution >= 4 is 12.1 Å². The number of rotatable bonds is 5. The van der Waals surface area contributed by atoms with Crippen LogP contribution in [0.15, 0.2) is 12.1 Å². The van der Waals surface area contributed by atoms with Gasteiger partial charge in [-0.2, -0.15) is 0 Å². The Hall–Kier alpha value is -1.58. The summed E-state index contributed by atoms with van der Waals surface area (Å²) >= 11 is 0. The van der Waals surface area contributed by atoms with Crippen LogP contribution in [0.1, 0.15) is 19.0 Å². The zero-order valence-corrected chi connectivity index (χ0v) is 8.41. The van der Waals surface area contributed by atoms with E-state index < -0.39 is 0 Å². The Kier molecular flexibility index (Phi) is 3.91. The first-order valence-corrected chi connectivity index (χ1v) is 4.58. The van der Waals surface area contributed by atoms with Crippen LogP contribution in [0.5, 0.6) is 5.88 Å². The topological polar surface area (TPSA) is 51.2 Å². The summed E-state index contributed by atoms with van der Waals surface area (Å²) < 4.78 is 5.39. The number of amides is 1. The Morgan fingerprint density at radius 1 is 1.57 bits per heavy atom. The van der Waals surface area contributed by atoms with E-state index in [0.717, 1.165) is 12.1 Å². The van der Waals surface area contributed by atoms with Crippen LogP contribution in [0.25, 0.3) is 0 Å². The van der Waals surface area contributed by atoms with Crippen molar-refractivity contribution in [3.63, 3.8) is 0 Å². The molecule has 0 saturated heterocycles. The first-order valence-electron chi connectivity index (χ1n) is 4.58. The smallest absolute Gasteiger partial charge is 0.238 e. The fourth-order valence-electron chi connectivity index (χ4n) is 1.01. The van der Waals surface area contributed by atoms with Crippen molar-refractivity contribution in [2.45, 2.75) is 20.3 Å². The fraction of sp³-hybridized carbons (Fsp3) is 0.400. The van der Waals surface area contributed by atoms with Gasteiger partial charge in [0.2, 0.25) is 12.3 Å². The first-order chi connectivity index (χ1) is 6.77. The van der Waals surface area contributed by atoms with E-state index in [9.17, 15) is 4.79 Å². The number of nitrogens with one attached hydrogen (secondary N) is 1. The molecule has 14 heavy (non-hydrogen) atoms. The zero-order valence-electron chi connectivity index (χ0n) is 8.41. The van der Waals surface area contributed by atoms with Gasteiger partial charge in [-0.1, -0.05) is 6.92 Å². The van der Waals surface area contributed by atoms with Crippen LogP contribution in [0.2, 0.25) is 0 Å². The highest BCUT2D eigenvalue weighted by Crippen LogP contribution is 2.21. The van der Waals surface area contributed by atoms with Crippen LogP contribution < -0.4 is 10.1 Å². The predicted molar refractivity (Wildman–Crippen MR) is 54.4 cm³/mol.